The van der Waals surface area contributed by atoms with Crippen LogP contribution in [0.3, 0.4) is 0 Å². The molecule has 3 rings (SSSR count). The molecule has 1 aliphatic heterocycles. The minimum atomic E-state index is -0.950. The van der Waals surface area contributed by atoms with Gasteiger partial charge >= 0.3 is 5.97 Å². The lowest BCUT2D eigenvalue weighted by Gasteiger charge is -2.22. The van der Waals surface area contributed by atoms with Crippen molar-refractivity contribution in [1.29, 1.82) is 0 Å². The van der Waals surface area contributed by atoms with Gasteiger partial charge in [0, 0.05) is 12.0 Å². The average molecular weight is 248 g/mol. The molecule has 1 spiro atoms. The van der Waals surface area contributed by atoms with Crippen molar-refractivity contribution in [3.63, 3.8) is 0 Å². The van der Waals surface area contributed by atoms with E-state index in [0.717, 1.165) is 32.5 Å². The quantitative estimate of drug-likeness (QED) is 0.885. The van der Waals surface area contributed by atoms with Crippen molar-refractivity contribution in [2.45, 2.75) is 24.7 Å². The third-order valence-corrected chi connectivity index (χ3v) is 3.99. The van der Waals surface area contributed by atoms with Crippen LogP contribution in [0.15, 0.2) is 18.2 Å². The van der Waals surface area contributed by atoms with Gasteiger partial charge in [0.15, 0.2) is 6.61 Å². The third kappa shape index (κ3) is 1.86. The Bertz CT molecular complexity index is 475. The largest absolute Gasteiger partial charge is 0.482 e. The highest BCUT2D eigenvalue weighted by molar-refractivity contribution is 5.68. The molecule has 4 heteroatoms. The van der Waals surface area contributed by atoms with Crippen LogP contribution in [0.4, 0.5) is 0 Å². The van der Waals surface area contributed by atoms with Crippen molar-refractivity contribution in [3.8, 4) is 5.75 Å². The Morgan fingerprint density at radius 1 is 1.44 bits per heavy atom. The number of ether oxygens (including phenoxy) is 2. The van der Waals surface area contributed by atoms with Crippen molar-refractivity contribution in [2.75, 3.05) is 19.8 Å². The highest BCUT2D eigenvalue weighted by atomic mass is 16.5. The van der Waals surface area contributed by atoms with E-state index in [1.165, 1.54) is 11.1 Å². The summed E-state index contributed by atoms with van der Waals surface area (Å²) in [6.07, 6.45) is 3.27. The smallest absolute Gasteiger partial charge is 0.341 e. The number of benzene rings is 1. The van der Waals surface area contributed by atoms with Crippen molar-refractivity contribution in [2.24, 2.45) is 0 Å². The van der Waals surface area contributed by atoms with Crippen LogP contribution in [0.5, 0.6) is 5.75 Å². The lowest BCUT2D eigenvalue weighted by atomic mass is 9.81. The summed E-state index contributed by atoms with van der Waals surface area (Å²) >= 11 is 0. The molecule has 1 aliphatic carbocycles. The van der Waals surface area contributed by atoms with Crippen LogP contribution < -0.4 is 4.74 Å². The van der Waals surface area contributed by atoms with Gasteiger partial charge in [0.25, 0.3) is 0 Å². The third-order valence-electron chi connectivity index (χ3n) is 3.99. The molecule has 1 aromatic carbocycles. The predicted molar refractivity (Wildman–Crippen MR) is 65.0 cm³/mol. The fourth-order valence-electron chi connectivity index (χ4n) is 3.03. The molecule has 1 fully saturated rings. The molecule has 0 bridgehead atoms. The topological polar surface area (TPSA) is 55.8 Å². The van der Waals surface area contributed by atoms with Gasteiger partial charge in [-0.1, -0.05) is 6.07 Å². The molecule has 0 amide bonds. The van der Waals surface area contributed by atoms with Gasteiger partial charge < -0.3 is 14.6 Å². The first-order chi connectivity index (χ1) is 8.70. The summed E-state index contributed by atoms with van der Waals surface area (Å²) < 4.78 is 10.8. The summed E-state index contributed by atoms with van der Waals surface area (Å²) in [5.41, 5.74) is 2.80. The van der Waals surface area contributed by atoms with E-state index < -0.39 is 5.97 Å². The fraction of sp³-hybridized carbons (Fsp3) is 0.500. The monoisotopic (exact) mass is 248 g/mol. The first kappa shape index (κ1) is 11.5. The number of rotatable bonds is 3. The second-order valence-corrected chi connectivity index (χ2v) is 5.08. The first-order valence-electron chi connectivity index (χ1n) is 6.25. The molecule has 4 nitrogen and oxygen atoms in total. The van der Waals surface area contributed by atoms with E-state index in [2.05, 4.69) is 6.07 Å². The zero-order valence-corrected chi connectivity index (χ0v) is 10.1. The Labute approximate surface area is 106 Å². The van der Waals surface area contributed by atoms with Crippen molar-refractivity contribution in [1.82, 2.24) is 0 Å². The number of carboxylic acids is 1. The summed E-state index contributed by atoms with van der Waals surface area (Å²) in [7, 11) is 0. The van der Waals surface area contributed by atoms with Crippen LogP contribution >= 0.6 is 0 Å². The van der Waals surface area contributed by atoms with E-state index in [9.17, 15) is 4.79 Å². The standard InChI is InChI=1S/C14H16O4/c15-13(16)8-18-11-2-1-10-3-4-14(12(10)7-11)5-6-17-9-14/h1-2,7H,3-6,8-9H2,(H,15,16). The lowest BCUT2D eigenvalue weighted by Crippen LogP contribution is -2.22. The second kappa shape index (κ2) is 4.28. The molecular weight excluding hydrogens is 232 g/mol. The Balaban J connectivity index is 1.87. The Hall–Kier alpha value is -1.55. The van der Waals surface area contributed by atoms with E-state index in [1.807, 2.05) is 12.1 Å². The maximum atomic E-state index is 10.5. The van der Waals surface area contributed by atoms with Crippen LogP contribution in [-0.2, 0) is 21.4 Å². The zero-order valence-electron chi connectivity index (χ0n) is 10.1. The normalized spacial score (nSPS) is 25.3. The van der Waals surface area contributed by atoms with Gasteiger partial charge in [0.1, 0.15) is 5.75 Å². The van der Waals surface area contributed by atoms with Gasteiger partial charge in [-0.25, -0.2) is 4.79 Å². The number of aryl methyl sites for hydroxylation is 1. The van der Waals surface area contributed by atoms with Crippen LogP contribution in [0, 0.1) is 0 Å². The van der Waals surface area contributed by atoms with Gasteiger partial charge in [-0.3, -0.25) is 0 Å². The van der Waals surface area contributed by atoms with Crippen LogP contribution in [0.2, 0.25) is 0 Å². The first-order valence-corrected chi connectivity index (χ1v) is 6.25. The summed E-state index contributed by atoms with van der Waals surface area (Å²) in [5.74, 6) is -0.307. The number of hydrogen-bond acceptors (Lipinski definition) is 3. The molecule has 18 heavy (non-hydrogen) atoms. The molecule has 0 radical (unpaired) electrons. The maximum Gasteiger partial charge on any atom is 0.341 e. The van der Waals surface area contributed by atoms with Gasteiger partial charge in [0.2, 0.25) is 0 Å². The molecular formula is C14H16O4. The summed E-state index contributed by atoms with van der Waals surface area (Å²) in [6.45, 7) is 1.31. The molecule has 1 unspecified atom stereocenters. The average Bonchev–Trinajstić information content (AvgIpc) is 2.97. The van der Waals surface area contributed by atoms with E-state index in [-0.39, 0.29) is 12.0 Å². The van der Waals surface area contributed by atoms with Crippen molar-refractivity contribution >= 4 is 5.97 Å². The van der Waals surface area contributed by atoms with Crippen LogP contribution in [-0.4, -0.2) is 30.9 Å². The molecule has 1 heterocycles. The Morgan fingerprint density at radius 3 is 3.06 bits per heavy atom. The molecule has 1 saturated heterocycles. The minimum Gasteiger partial charge on any atom is -0.482 e. The highest BCUT2D eigenvalue weighted by Crippen LogP contribution is 2.45. The molecule has 0 saturated carbocycles. The van der Waals surface area contributed by atoms with Gasteiger partial charge in [-0.15, -0.1) is 0 Å². The molecule has 96 valence electrons. The van der Waals surface area contributed by atoms with E-state index >= 15 is 0 Å². The van der Waals surface area contributed by atoms with E-state index in [0.29, 0.717) is 5.75 Å². The molecule has 1 aromatic rings. The summed E-state index contributed by atoms with van der Waals surface area (Å²) in [4.78, 5) is 10.5. The SMILES string of the molecule is O=C(O)COc1ccc2c(c1)C1(CCOC1)CC2. The van der Waals surface area contributed by atoms with Crippen LogP contribution in [0.25, 0.3) is 0 Å². The number of carboxylic acid groups (broad SMARTS) is 1. The lowest BCUT2D eigenvalue weighted by molar-refractivity contribution is -0.139. The Morgan fingerprint density at radius 2 is 2.33 bits per heavy atom. The number of fused-ring (bicyclic) bond motifs is 2. The van der Waals surface area contributed by atoms with E-state index in [4.69, 9.17) is 14.6 Å². The predicted octanol–water partition coefficient (Wildman–Crippen LogP) is 1.75. The molecule has 1 atom stereocenters. The van der Waals surface area contributed by atoms with Crippen molar-refractivity contribution < 1.29 is 19.4 Å². The summed E-state index contributed by atoms with van der Waals surface area (Å²) in [5, 5.41) is 8.63. The van der Waals surface area contributed by atoms with Gasteiger partial charge in [0.05, 0.1) is 6.61 Å². The zero-order chi connectivity index (χ0) is 12.6. The second-order valence-electron chi connectivity index (χ2n) is 5.08. The molecule has 1 N–H and O–H groups in total. The maximum absolute atomic E-state index is 10.5. The van der Waals surface area contributed by atoms with Crippen molar-refractivity contribution in [3.05, 3.63) is 29.3 Å². The highest BCUT2D eigenvalue weighted by Gasteiger charge is 2.42. The van der Waals surface area contributed by atoms with Gasteiger partial charge in [-0.2, -0.15) is 0 Å². The minimum absolute atomic E-state index is 0.151. The molecule has 0 aromatic heterocycles. The van der Waals surface area contributed by atoms with Gasteiger partial charge in [-0.05, 0) is 42.5 Å². The number of hydrogen-bond donors (Lipinski definition) is 1. The van der Waals surface area contributed by atoms with Crippen LogP contribution in [0.1, 0.15) is 24.0 Å². The Kier molecular flexibility index (Phi) is 2.74. The van der Waals surface area contributed by atoms with E-state index in [1.54, 1.807) is 0 Å². The fourth-order valence-corrected chi connectivity index (χ4v) is 3.03. The number of carbonyl (C=O) groups is 1. The molecule has 2 aliphatic rings. The summed E-state index contributed by atoms with van der Waals surface area (Å²) in [6, 6.07) is 5.91. The number of aliphatic carboxylic acids is 1.